The normalized spacial score (nSPS) is 30.5. The molecule has 0 unspecified atom stereocenters. The third-order valence-electron chi connectivity index (χ3n) is 9.97. The van der Waals surface area contributed by atoms with Gasteiger partial charge < -0.3 is 19.1 Å². The Labute approximate surface area is 276 Å². The predicted octanol–water partition coefficient (Wildman–Crippen LogP) is 5.79. The molecule has 0 radical (unpaired) electrons. The lowest BCUT2D eigenvalue weighted by molar-refractivity contribution is -0.137. The van der Waals surface area contributed by atoms with Gasteiger partial charge in [0.25, 0.3) is 11.8 Å². The number of fused-ring (bicyclic) bond motifs is 4. The van der Waals surface area contributed by atoms with Crippen LogP contribution in [0, 0.1) is 11.8 Å². The second-order valence-electron chi connectivity index (χ2n) is 13.3. The first-order valence-corrected chi connectivity index (χ1v) is 17.8. The monoisotopic (exact) mass is 667 g/mol. The third-order valence-corrected chi connectivity index (χ3v) is 12.0. The molecule has 6 rings (SSSR count). The summed E-state index contributed by atoms with van der Waals surface area (Å²) in [5, 5.41) is 0.725. The number of amides is 2. The van der Waals surface area contributed by atoms with Crippen LogP contribution in [0.15, 0.2) is 70.5 Å². The van der Waals surface area contributed by atoms with Crippen LogP contribution in [0.5, 0.6) is 5.75 Å². The van der Waals surface area contributed by atoms with Gasteiger partial charge in [-0.15, -0.1) is 4.36 Å². The van der Waals surface area contributed by atoms with Crippen LogP contribution in [0.4, 0.5) is 5.69 Å². The summed E-state index contributed by atoms with van der Waals surface area (Å²) in [6.45, 7) is 8.66. The largest absolute Gasteiger partial charge is 0.490 e. The van der Waals surface area contributed by atoms with Crippen LogP contribution < -0.4 is 14.4 Å². The van der Waals surface area contributed by atoms with Gasteiger partial charge in [-0.3, -0.25) is 14.3 Å². The van der Waals surface area contributed by atoms with Crippen LogP contribution in [0.3, 0.4) is 0 Å². The number of ether oxygens (including phenoxy) is 3. The Morgan fingerprint density at radius 3 is 2.80 bits per heavy atom. The number of carbonyl (C=O) groups excluding carboxylic acids is 2. The average molecular weight is 668 g/mol. The Balaban J connectivity index is 1.51. The van der Waals surface area contributed by atoms with Crippen molar-refractivity contribution in [3.8, 4) is 5.75 Å². The fourth-order valence-electron chi connectivity index (χ4n) is 7.25. The zero-order chi connectivity index (χ0) is 32.7. The first-order chi connectivity index (χ1) is 22.0. The first-order valence-electron chi connectivity index (χ1n) is 15.9. The summed E-state index contributed by atoms with van der Waals surface area (Å²) in [6, 6.07) is 11.3. The van der Waals surface area contributed by atoms with Gasteiger partial charge in [-0.2, -0.15) is 0 Å². The molecular formula is C35H42ClN3O6S. The van der Waals surface area contributed by atoms with Gasteiger partial charge in [-0.25, -0.2) is 4.21 Å². The summed E-state index contributed by atoms with van der Waals surface area (Å²) in [7, 11) is -2.06. The lowest BCUT2D eigenvalue weighted by Crippen LogP contribution is -2.49. The highest BCUT2D eigenvalue weighted by Gasteiger charge is 2.44. The van der Waals surface area contributed by atoms with E-state index >= 15 is 0 Å². The zero-order valence-electron chi connectivity index (χ0n) is 26.6. The quantitative estimate of drug-likeness (QED) is 0.326. The van der Waals surface area contributed by atoms with E-state index in [2.05, 4.69) is 32.7 Å². The molecule has 2 aliphatic carbocycles. The van der Waals surface area contributed by atoms with Gasteiger partial charge in [0.15, 0.2) is 9.92 Å². The number of nitrogens with one attached hydrogen (secondary N) is 1. The molecule has 2 aromatic carbocycles. The van der Waals surface area contributed by atoms with Crippen molar-refractivity contribution in [2.45, 2.75) is 68.0 Å². The lowest BCUT2D eigenvalue weighted by atomic mass is 9.68. The van der Waals surface area contributed by atoms with Crippen molar-refractivity contribution in [1.29, 1.82) is 0 Å². The molecule has 2 heterocycles. The van der Waals surface area contributed by atoms with Gasteiger partial charge in [0.2, 0.25) is 0 Å². The molecule has 2 aliphatic heterocycles. The lowest BCUT2D eigenvalue weighted by Gasteiger charge is -2.46. The van der Waals surface area contributed by atoms with Crippen LogP contribution in [0.1, 0.15) is 50.7 Å². The van der Waals surface area contributed by atoms with E-state index in [-0.39, 0.29) is 23.0 Å². The second-order valence-corrected chi connectivity index (χ2v) is 15.6. The number of hydrogen-bond acceptors (Lipinski definition) is 7. The van der Waals surface area contributed by atoms with Crippen LogP contribution in [-0.2, 0) is 40.8 Å². The van der Waals surface area contributed by atoms with Crippen LogP contribution in [0.25, 0.3) is 0 Å². The molecule has 2 bridgehead atoms. The number of nitrogens with zero attached hydrogens (tertiary/aromatic N) is 2. The van der Waals surface area contributed by atoms with E-state index in [1.54, 1.807) is 39.2 Å². The van der Waals surface area contributed by atoms with E-state index < -0.39 is 27.3 Å². The average Bonchev–Trinajstić information content (AvgIpc) is 3.16. The molecule has 9 nitrogen and oxygen atoms in total. The molecule has 11 heteroatoms. The molecule has 1 fully saturated rings. The molecule has 46 heavy (non-hydrogen) atoms. The number of methoxy groups -OCH3 is 1. The minimum absolute atomic E-state index is 0.104. The summed E-state index contributed by atoms with van der Waals surface area (Å²) < 4.78 is 39.6. The number of aryl methyl sites for hydroxylation is 1. The summed E-state index contributed by atoms with van der Waals surface area (Å²) in [5.74, 6) is -0.201. The maximum Gasteiger partial charge on any atom is 0.287 e. The van der Waals surface area contributed by atoms with Crippen LogP contribution in [0.2, 0.25) is 5.02 Å². The first kappa shape index (κ1) is 32.7. The van der Waals surface area contributed by atoms with Crippen molar-refractivity contribution < 1.29 is 28.0 Å². The van der Waals surface area contributed by atoms with Crippen molar-refractivity contribution in [2.24, 2.45) is 16.2 Å². The Kier molecular flexibility index (Phi) is 9.10. The maximum absolute atomic E-state index is 14.6. The minimum atomic E-state index is -3.78. The van der Waals surface area contributed by atoms with E-state index in [1.807, 2.05) is 18.2 Å². The van der Waals surface area contributed by atoms with Gasteiger partial charge in [0.1, 0.15) is 11.4 Å². The summed E-state index contributed by atoms with van der Waals surface area (Å²) >= 11 is 6.43. The van der Waals surface area contributed by atoms with Crippen molar-refractivity contribution in [2.75, 3.05) is 38.3 Å². The molecule has 0 aromatic heterocycles. The summed E-state index contributed by atoms with van der Waals surface area (Å²) in [4.78, 5) is 28.6. The van der Waals surface area contributed by atoms with Crippen LogP contribution >= 0.6 is 11.6 Å². The predicted molar refractivity (Wildman–Crippen MR) is 179 cm³/mol. The van der Waals surface area contributed by atoms with E-state index in [0.717, 1.165) is 55.4 Å². The number of carbonyl (C=O) groups is 2. The molecule has 1 spiro atoms. The Morgan fingerprint density at radius 1 is 1.24 bits per heavy atom. The highest BCUT2D eigenvalue weighted by Crippen LogP contribution is 2.47. The topological polar surface area (TPSA) is 107 Å². The van der Waals surface area contributed by atoms with Gasteiger partial charge >= 0.3 is 0 Å². The van der Waals surface area contributed by atoms with Crippen LogP contribution in [-0.4, -0.2) is 61.1 Å². The Morgan fingerprint density at radius 2 is 2.07 bits per heavy atom. The van der Waals surface area contributed by atoms with Gasteiger partial charge in [0.05, 0.1) is 29.9 Å². The highest BCUT2D eigenvalue weighted by atomic mass is 35.5. The van der Waals surface area contributed by atoms with Gasteiger partial charge in [0, 0.05) is 30.6 Å². The van der Waals surface area contributed by atoms with Gasteiger partial charge in [-0.05, 0) is 105 Å². The molecule has 5 atom stereocenters. The molecule has 2 amide bonds. The van der Waals surface area contributed by atoms with Crippen molar-refractivity contribution in [1.82, 2.24) is 4.72 Å². The van der Waals surface area contributed by atoms with E-state index in [0.29, 0.717) is 30.7 Å². The molecule has 1 N–H and O–H groups in total. The number of anilines is 1. The van der Waals surface area contributed by atoms with Gasteiger partial charge in [-0.1, -0.05) is 36.4 Å². The standard InChI is InChI=1S/C35H42ClN3O6S/c1-5-32(40)37-46(42)26-12-15-31-29(19-26)39(21-35(22-44-31)16-6-8-23-18-25(36)11-14-28(23)35)20-24-10-13-27(24)30(43-4)9-7-17-45-34(2,3)33(41)38-46/h5,7,9,11-12,14-15,18-19,24,27,30H,1,6,8,10,13,16-17,20-22H2,2-4H3,(H,37,38,40,41,42)/t24-,27+,30-,35-,46-/m0/s1. The smallest absolute Gasteiger partial charge is 0.287 e. The molecule has 1 saturated carbocycles. The Bertz CT molecular complexity index is 1700. The fourth-order valence-corrected chi connectivity index (χ4v) is 9.04. The third kappa shape index (κ3) is 6.24. The highest BCUT2D eigenvalue weighted by molar-refractivity contribution is 7.92. The molecule has 0 saturated heterocycles. The van der Waals surface area contributed by atoms with E-state index in [9.17, 15) is 13.8 Å². The number of rotatable bonds is 3. The molecular weight excluding hydrogens is 626 g/mol. The number of halogens is 1. The summed E-state index contributed by atoms with van der Waals surface area (Å²) in [5.41, 5.74) is 1.53. The van der Waals surface area contributed by atoms with E-state index in [1.165, 1.54) is 11.1 Å². The number of hydrogen-bond donors (Lipinski definition) is 1. The van der Waals surface area contributed by atoms with Crippen molar-refractivity contribution >= 4 is 39.0 Å². The SMILES string of the molecule is C=CC(=O)N[S@]1(=O)=NC(=O)C(C)(C)OCC=C[C@H](OC)[C@@H]2CC[C@H]2CN2C[C@@]3(CCCc4cc(Cl)ccc43)COc3ccc1cc32. The minimum Gasteiger partial charge on any atom is -0.490 e. The number of benzene rings is 2. The second kappa shape index (κ2) is 12.8. The zero-order valence-corrected chi connectivity index (χ0v) is 28.2. The Hall–Kier alpha value is -3.18. The maximum atomic E-state index is 14.6. The van der Waals surface area contributed by atoms with Crippen molar-refractivity contribution in [3.05, 3.63) is 77.4 Å². The molecule has 246 valence electrons. The van der Waals surface area contributed by atoms with E-state index in [4.69, 9.17) is 25.8 Å². The molecule has 2 aromatic rings. The molecule has 4 aliphatic rings. The van der Waals surface area contributed by atoms with Crippen molar-refractivity contribution in [3.63, 3.8) is 0 Å². The summed E-state index contributed by atoms with van der Waals surface area (Å²) in [6.07, 6.45) is 9.77. The fraction of sp³-hybridized carbons (Fsp3) is 0.486.